The average molecular weight is 362 g/mol. The van der Waals surface area contributed by atoms with Crippen LogP contribution in [-0.2, 0) is 17.8 Å². The highest BCUT2D eigenvalue weighted by Gasteiger charge is 2.21. The second kappa shape index (κ2) is 8.05. The quantitative estimate of drug-likeness (QED) is 0.755. The van der Waals surface area contributed by atoms with Crippen LogP contribution in [0.1, 0.15) is 49.3 Å². The molecule has 2 aromatic rings. The van der Waals surface area contributed by atoms with Crippen LogP contribution in [0.15, 0.2) is 24.3 Å². The molecule has 1 amide bonds. The number of carbonyl (C=O) groups excluding carboxylic acids is 1. The van der Waals surface area contributed by atoms with E-state index in [0.29, 0.717) is 17.4 Å². The molecule has 0 fully saturated rings. The topological polar surface area (TPSA) is 38.1 Å². The van der Waals surface area contributed by atoms with Crippen LogP contribution in [0.3, 0.4) is 0 Å². The maximum Gasteiger partial charge on any atom is 0.227 e. The predicted molar refractivity (Wildman–Crippen MR) is 103 cm³/mol. The van der Waals surface area contributed by atoms with Gasteiger partial charge >= 0.3 is 0 Å². The molecule has 5 heteroatoms. The smallest absolute Gasteiger partial charge is 0.227 e. The molecule has 1 unspecified atom stereocenters. The zero-order chi connectivity index (χ0) is 18.7. The monoisotopic (exact) mass is 361 g/mol. The Kier molecular flexibility index (Phi) is 6.28. The molecule has 2 rings (SSSR count). The first-order valence-corrected chi connectivity index (χ1v) is 9.12. The maximum absolute atomic E-state index is 12.8. The van der Waals surface area contributed by atoms with Crippen molar-refractivity contribution in [2.75, 3.05) is 7.05 Å². The Morgan fingerprint density at radius 2 is 1.80 bits per heavy atom. The molecule has 0 aliphatic carbocycles. The van der Waals surface area contributed by atoms with Crippen molar-refractivity contribution in [3.63, 3.8) is 0 Å². The highest BCUT2D eigenvalue weighted by Crippen LogP contribution is 2.23. The van der Waals surface area contributed by atoms with Crippen LogP contribution < -0.4 is 0 Å². The standard InChI is InChI=1S/C20H28ClN3O/c1-13(2)12-24-16(5)19(14(3)22-24)11-20(25)23(6)15(4)17-7-9-18(21)10-8-17/h7-10,13,15H,11-12H2,1-6H3. The molecule has 0 radical (unpaired) electrons. The van der Waals surface area contributed by atoms with Crippen molar-refractivity contribution in [3.8, 4) is 0 Å². The Labute approximate surface area is 155 Å². The van der Waals surface area contributed by atoms with Crippen molar-refractivity contribution < 1.29 is 4.79 Å². The average Bonchev–Trinajstić information content (AvgIpc) is 2.81. The third-order valence-corrected chi connectivity index (χ3v) is 4.98. The summed E-state index contributed by atoms with van der Waals surface area (Å²) in [6, 6.07) is 7.64. The van der Waals surface area contributed by atoms with E-state index in [1.165, 1.54) is 0 Å². The molecule has 0 aliphatic heterocycles. The van der Waals surface area contributed by atoms with Crippen LogP contribution in [0.5, 0.6) is 0 Å². The number of rotatable bonds is 6. The van der Waals surface area contributed by atoms with Crippen LogP contribution >= 0.6 is 11.6 Å². The Morgan fingerprint density at radius 1 is 1.20 bits per heavy atom. The minimum Gasteiger partial charge on any atom is -0.339 e. The van der Waals surface area contributed by atoms with E-state index in [2.05, 4.69) is 18.9 Å². The van der Waals surface area contributed by atoms with E-state index in [4.69, 9.17) is 11.6 Å². The molecular formula is C20H28ClN3O. The molecule has 136 valence electrons. The normalized spacial score (nSPS) is 12.5. The third-order valence-electron chi connectivity index (χ3n) is 4.72. The molecule has 0 saturated heterocycles. The summed E-state index contributed by atoms with van der Waals surface area (Å²) < 4.78 is 2.02. The zero-order valence-electron chi connectivity index (χ0n) is 16.0. The lowest BCUT2D eigenvalue weighted by atomic mass is 10.1. The number of carbonyl (C=O) groups is 1. The van der Waals surface area contributed by atoms with Gasteiger partial charge < -0.3 is 4.90 Å². The van der Waals surface area contributed by atoms with Crippen molar-refractivity contribution >= 4 is 17.5 Å². The van der Waals surface area contributed by atoms with Crippen molar-refractivity contribution in [1.82, 2.24) is 14.7 Å². The molecule has 0 N–H and O–H groups in total. The van der Waals surface area contributed by atoms with E-state index in [1.807, 2.05) is 56.8 Å². The molecule has 0 bridgehead atoms. The lowest BCUT2D eigenvalue weighted by molar-refractivity contribution is -0.131. The van der Waals surface area contributed by atoms with Gasteiger partial charge in [-0.2, -0.15) is 5.10 Å². The zero-order valence-corrected chi connectivity index (χ0v) is 16.8. The van der Waals surface area contributed by atoms with Crippen LogP contribution in [0.4, 0.5) is 0 Å². The van der Waals surface area contributed by atoms with Gasteiger partial charge in [0.1, 0.15) is 0 Å². The molecule has 4 nitrogen and oxygen atoms in total. The van der Waals surface area contributed by atoms with E-state index in [9.17, 15) is 4.79 Å². The predicted octanol–water partition coefficient (Wildman–Crippen LogP) is 4.57. The molecule has 0 saturated carbocycles. The largest absolute Gasteiger partial charge is 0.339 e. The van der Waals surface area contributed by atoms with Crippen LogP contribution in [-0.4, -0.2) is 27.6 Å². The summed E-state index contributed by atoms with van der Waals surface area (Å²) in [6.07, 6.45) is 0.379. The fraction of sp³-hybridized carbons (Fsp3) is 0.500. The van der Waals surface area contributed by atoms with Gasteiger partial charge in [-0.15, -0.1) is 0 Å². The second-order valence-electron chi connectivity index (χ2n) is 7.13. The summed E-state index contributed by atoms with van der Waals surface area (Å²) in [5.41, 5.74) is 4.15. The third kappa shape index (κ3) is 4.63. The second-order valence-corrected chi connectivity index (χ2v) is 7.57. The molecule has 25 heavy (non-hydrogen) atoms. The van der Waals surface area contributed by atoms with Gasteiger partial charge in [0, 0.05) is 29.9 Å². The van der Waals surface area contributed by atoms with Crippen LogP contribution in [0, 0.1) is 19.8 Å². The van der Waals surface area contributed by atoms with Gasteiger partial charge in [0.25, 0.3) is 0 Å². The molecular weight excluding hydrogens is 334 g/mol. The summed E-state index contributed by atoms with van der Waals surface area (Å²) >= 11 is 5.95. The van der Waals surface area contributed by atoms with E-state index in [-0.39, 0.29) is 11.9 Å². The van der Waals surface area contributed by atoms with Crippen molar-refractivity contribution in [1.29, 1.82) is 0 Å². The Morgan fingerprint density at radius 3 is 2.36 bits per heavy atom. The van der Waals surface area contributed by atoms with Gasteiger partial charge in [-0.05, 0) is 44.4 Å². The number of hydrogen-bond donors (Lipinski definition) is 0. The van der Waals surface area contributed by atoms with Crippen molar-refractivity contribution in [3.05, 3.63) is 51.8 Å². The Balaban J connectivity index is 2.13. The van der Waals surface area contributed by atoms with E-state index < -0.39 is 0 Å². The van der Waals surface area contributed by atoms with Gasteiger partial charge in [0.2, 0.25) is 5.91 Å². The summed E-state index contributed by atoms with van der Waals surface area (Å²) in [5.74, 6) is 0.617. The first kappa shape index (κ1) is 19.5. The van der Waals surface area contributed by atoms with Gasteiger partial charge in [-0.3, -0.25) is 9.48 Å². The summed E-state index contributed by atoms with van der Waals surface area (Å²) in [6.45, 7) is 11.3. The number of hydrogen-bond acceptors (Lipinski definition) is 2. The van der Waals surface area contributed by atoms with Crippen molar-refractivity contribution in [2.45, 2.75) is 53.6 Å². The molecule has 1 heterocycles. The van der Waals surface area contributed by atoms with Crippen molar-refractivity contribution in [2.24, 2.45) is 5.92 Å². The number of amides is 1. The van der Waals surface area contributed by atoms with Gasteiger partial charge in [0.15, 0.2) is 0 Å². The molecule has 1 atom stereocenters. The minimum absolute atomic E-state index is 0.00362. The Hall–Kier alpha value is -1.81. The molecule has 0 spiro atoms. The highest BCUT2D eigenvalue weighted by molar-refractivity contribution is 6.30. The number of benzene rings is 1. The highest BCUT2D eigenvalue weighted by atomic mass is 35.5. The first-order valence-electron chi connectivity index (χ1n) is 8.74. The number of nitrogens with zero attached hydrogens (tertiary/aromatic N) is 3. The summed E-state index contributed by atoms with van der Waals surface area (Å²) in [4.78, 5) is 14.6. The number of halogens is 1. The lowest BCUT2D eigenvalue weighted by Gasteiger charge is -2.25. The molecule has 1 aromatic heterocycles. The van der Waals surface area contributed by atoms with E-state index in [0.717, 1.165) is 29.1 Å². The minimum atomic E-state index is -0.00362. The number of aromatic nitrogens is 2. The van der Waals surface area contributed by atoms with Crippen LogP contribution in [0.25, 0.3) is 0 Å². The fourth-order valence-corrected chi connectivity index (χ4v) is 3.10. The molecule has 0 aliphatic rings. The Bertz CT molecular complexity index is 734. The van der Waals surface area contributed by atoms with Gasteiger partial charge in [-0.1, -0.05) is 37.6 Å². The number of aryl methyl sites for hydroxylation is 1. The van der Waals surface area contributed by atoms with E-state index in [1.54, 1.807) is 4.90 Å². The van der Waals surface area contributed by atoms with Crippen LogP contribution in [0.2, 0.25) is 5.02 Å². The fourth-order valence-electron chi connectivity index (χ4n) is 2.97. The van der Waals surface area contributed by atoms with E-state index >= 15 is 0 Å². The summed E-state index contributed by atoms with van der Waals surface area (Å²) in [5, 5.41) is 5.31. The SMILES string of the molecule is Cc1nn(CC(C)C)c(C)c1CC(=O)N(C)C(C)c1ccc(Cl)cc1. The number of likely N-dealkylation sites (N-methyl/N-ethyl adjacent to an activating group) is 1. The molecule has 1 aromatic carbocycles. The summed E-state index contributed by atoms with van der Waals surface area (Å²) in [7, 11) is 1.85. The van der Waals surface area contributed by atoms with Gasteiger partial charge in [-0.25, -0.2) is 0 Å². The van der Waals surface area contributed by atoms with Gasteiger partial charge in [0.05, 0.1) is 18.2 Å². The lowest BCUT2D eigenvalue weighted by Crippen LogP contribution is -2.31. The first-order chi connectivity index (χ1) is 11.7. The maximum atomic E-state index is 12.8.